The van der Waals surface area contributed by atoms with Crippen molar-refractivity contribution in [3.05, 3.63) is 38.2 Å². The molecule has 1 aliphatic heterocycles. The maximum absolute atomic E-state index is 11.6. The summed E-state index contributed by atoms with van der Waals surface area (Å²) in [5, 5.41) is 21.2. The number of aliphatic hydroxyl groups is 2. The van der Waals surface area contributed by atoms with Crippen molar-refractivity contribution in [2.24, 2.45) is 5.92 Å². The SMILES string of the molecule is C[C@H](O)C(=O)C1CNc2nc(N)[nH]c(=O)c2C1.C[C@H](O)C(=O)c1cnc2nc(N)[nH]c(=O)c2n1. The molecule has 0 aromatic carbocycles. The van der Waals surface area contributed by atoms with E-state index >= 15 is 0 Å². The van der Waals surface area contributed by atoms with Gasteiger partial charge in [-0.2, -0.15) is 9.97 Å². The number of carbonyl (C=O) groups is 2. The third-order valence-corrected chi connectivity index (χ3v) is 4.88. The van der Waals surface area contributed by atoms with Gasteiger partial charge < -0.3 is 27.0 Å². The Labute approximate surface area is 190 Å². The lowest BCUT2D eigenvalue weighted by Crippen LogP contribution is -2.38. The molecule has 0 aliphatic carbocycles. The number of Topliss-reactive ketones (excluding diaryl/α,β-unsaturated/α-hetero) is 2. The summed E-state index contributed by atoms with van der Waals surface area (Å²) < 4.78 is 0. The zero-order chi connectivity index (χ0) is 25.2. The average Bonchev–Trinajstić information content (AvgIpc) is 2.77. The Bertz CT molecular complexity index is 1360. The Kier molecular flexibility index (Phi) is 6.97. The van der Waals surface area contributed by atoms with E-state index in [1.165, 1.54) is 13.8 Å². The van der Waals surface area contributed by atoms with Gasteiger partial charge in [0.1, 0.15) is 23.7 Å². The molecule has 0 saturated carbocycles. The van der Waals surface area contributed by atoms with E-state index in [4.69, 9.17) is 16.6 Å². The zero-order valence-electron chi connectivity index (χ0n) is 18.2. The van der Waals surface area contributed by atoms with E-state index in [1.807, 2.05) is 0 Å². The minimum atomic E-state index is -1.21. The fourth-order valence-corrected chi connectivity index (χ4v) is 3.20. The van der Waals surface area contributed by atoms with Crippen LogP contribution >= 0.6 is 0 Å². The van der Waals surface area contributed by atoms with Crippen LogP contribution in [0.25, 0.3) is 11.2 Å². The number of anilines is 3. The molecule has 0 bridgehead atoms. The minimum absolute atomic E-state index is 0.0431. The Morgan fingerprint density at radius 2 is 1.68 bits per heavy atom. The molecule has 3 atom stereocenters. The van der Waals surface area contributed by atoms with Gasteiger partial charge in [-0.05, 0) is 20.3 Å². The van der Waals surface area contributed by atoms with Crippen LogP contribution in [0.5, 0.6) is 0 Å². The molecule has 1 unspecified atom stereocenters. The van der Waals surface area contributed by atoms with Crippen molar-refractivity contribution in [3.8, 4) is 0 Å². The van der Waals surface area contributed by atoms with Gasteiger partial charge in [-0.25, -0.2) is 9.97 Å². The summed E-state index contributed by atoms with van der Waals surface area (Å²) in [6.45, 7) is 3.08. The molecule has 0 amide bonds. The van der Waals surface area contributed by atoms with E-state index in [9.17, 15) is 24.3 Å². The van der Waals surface area contributed by atoms with Gasteiger partial charge in [0.2, 0.25) is 17.7 Å². The van der Waals surface area contributed by atoms with E-state index in [-0.39, 0.29) is 46.5 Å². The van der Waals surface area contributed by atoms with Crippen LogP contribution in [0.3, 0.4) is 0 Å². The Hall–Kier alpha value is -4.24. The van der Waals surface area contributed by atoms with Gasteiger partial charge in [-0.3, -0.25) is 29.1 Å². The number of carbonyl (C=O) groups excluding carboxylic acids is 2. The van der Waals surface area contributed by atoms with Crippen molar-refractivity contribution in [1.82, 2.24) is 29.9 Å². The standard InChI is InChI=1S/C10H14N4O3.C9H9N5O3/c1-4(15)7(16)5-2-6-8(12-3-5)13-10(11)14-9(6)17;1-3(15)6(16)4-2-11-7-5(12-4)8(17)14-9(10)13-7/h4-5,15H,2-3H2,1H3,(H4,11,12,13,14,17);2-3,15H,1H3,(H3,10,11,13,14,17)/t4-,5?;3-/m00/s1. The first kappa shape index (κ1) is 24.4. The molecule has 180 valence electrons. The van der Waals surface area contributed by atoms with E-state index in [0.717, 1.165) is 6.20 Å². The second-order valence-corrected chi connectivity index (χ2v) is 7.56. The molecule has 0 radical (unpaired) electrons. The number of hydrogen-bond acceptors (Lipinski definition) is 13. The normalized spacial score (nSPS) is 16.4. The highest BCUT2D eigenvalue weighted by atomic mass is 16.3. The van der Waals surface area contributed by atoms with Crippen LogP contribution in [-0.2, 0) is 11.2 Å². The molecular weight excluding hydrogens is 450 g/mol. The van der Waals surface area contributed by atoms with Crippen LogP contribution in [0.2, 0.25) is 0 Å². The third-order valence-electron chi connectivity index (χ3n) is 4.88. The number of aromatic amines is 2. The topological polar surface area (TPSA) is 256 Å². The smallest absolute Gasteiger partial charge is 0.280 e. The monoisotopic (exact) mass is 473 g/mol. The molecular formula is C19H23N9O6. The fourth-order valence-electron chi connectivity index (χ4n) is 3.20. The van der Waals surface area contributed by atoms with Crippen molar-refractivity contribution in [3.63, 3.8) is 0 Å². The van der Waals surface area contributed by atoms with Crippen molar-refractivity contribution in [1.29, 1.82) is 0 Å². The Morgan fingerprint density at radius 3 is 2.32 bits per heavy atom. The van der Waals surface area contributed by atoms with Crippen molar-refractivity contribution >= 4 is 40.4 Å². The van der Waals surface area contributed by atoms with Gasteiger partial charge in [-0.1, -0.05) is 0 Å². The molecule has 1 aliphatic rings. The number of rotatable bonds is 4. The summed E-state index contributed by atoms with van der Waals surface area (Å²) in [6.07, 6.45) is -0.815. The first-order valence-corrected chi connectivity index (χ1v) is 10.1. The highest BCUT2D eigenvalue weighted by molar-refractivity contribution is 5.98. The van der Waals surface area contributed by atoms with Crippen LogP contribution in [0.15, 0.2) is 15.8 Å². The summed E-state index contributed by atoms with van der Waals surface area (Å²) in [7, 11) is 0. The van der Waals surface area contributed by atoms with Crippen LogP contribution in [0.4, 0.5) is 17.7 Å². The molecule has 3 aromatic rings. The molecule has 3 aromatic heterocycles. The van der Waals surface area contributed by atoms with Gasteiger partial charge in [0.25, 0.3) is 11.1 Å². The predicted octanol–water partition coefficient (Wildman–Crippen LogP) is -2.25. The van der Waals surface area contributed by atoms with Crippen LogP contribution < -0.4 is 27.9 Å². The van der Waals surface area contributed by atoms with Crippen LogP contribution in [0.1, 0.15) is 29.9 Å². The van der Waals surface area contributed by atoms with Gasteiger partial charge in [-0.15, -0.1) is 0 Å². The molecule has 4 rings (SSSR count). The molecule has 15 heteroatoms. The number of fused-ring (bicyclic) bond motifs is 2. The largest absolute Gasteiger partial charge is 0.386 e. The molecule has 34 heavy (non-hydrogen) atoms. The number of ketones is 2. The molecule has 15 nitrogen and oxygen atoms in total. The number of nitrogen functional groups attached to an aromatic ring is 2. The van der Waals surface area contributed by atoms with Crippen molar-refractivity contribution in [2.45, 2.75) is 32.5 Å². The number of nitrogens with one attached hydrogen (secondary N) is 3. The van der Waals surface area contributed by atoms with Gasteiger partial charge in [0.05, 0.1) is 11.8 Å². The highest BCUT2D eigenvalue weighted by Crippen LogP contribution is 2.21. The number of nitrogens with two attached hydrogens (primary N) is 2. The fraction of sp³-hybridized carbons (Fsp3) is 0.368. The quantitative estimate of drug-likeness (QED) is 0.198. The Morgan fingerprint density at radius 1 is 1.03 bits per heavy atom. The maximum Gasteiger partial charge on any atom is 0.280 e. The van der Waals surface area contributed by atoms with Gasteiger partial charge >= 0.3 is 0 Å². The predicted molar refractivity (Wildman–Crippen MR) is 120 cm³/mol. The minimum Gasteiger partial charge on any atom is -0.386 e. The lowest BCUT2D eigenvalue weighted by Gasteiger charge is -2.24. The van der Waals surface area contributed by atoms with E-state index in [2.05, 4.69) is 35.2 Å². The number of aliphatic hydroxyl groups excluding tert-OH is 2. The lowest BCUT2D eigenvalue weighted by molar-refractivity contribution is -0.130. The first-order valence-electron chi connectivity index (χ1n) is 10.1. The molecule has 4 heterocycles. The van der Waals surface area contributed by atoms with Crippen molar-refractivity contribution in [2.75, 3.05) is 23.3 Å². The highest BCUT2D eigenvalue weighted by Gasteiger charge is 2.29. The lowest BCUT2D eigenvalue weighted by atomic mass is 9.91. The molecule has 0 fully saturated rings. The maximum atomic E-state index is 11.6. The number of aromatic nitrogens is 6. The average molecular weight is 473 g/mol. The summed E-state index contributed by atoms with van der Waals surface area (Å²) >= 11 is 0. The third kappa shape index (κ3) is 5.21. The van der Waals surface area contributed by atoms with Gasteiger partial charge in [0, 0.05) is 12.5 Å². The summed E-state index contributed by atoms with van der Waals surface area (Å²) in [4.78, 5) is 66.2. The number of H-pyrrole nitrogens is 2. The zero-order valence-corrected chi connectivity index (χ0v) is 18.2. The molecule has 0 saturated heterocycles. The van der Waals surface area contributed by atoms with Crippen molar-refractivity contribution < 1.29 is 19.8 Å². The second kappa shape index (κ2) is 9.72. The molecule has 0 spiro atoms. The second-order valence-electron chi connectivity index (χ2n) is 7.56. The summed E-state index contributed by atoms with van der Waals surface area (Å²) in [5.41, 5.74) is 10.1. The van der Waals surface area contributed by atoms with E-state index in [0.29, 0.717) is 17.9 Å². The van der Waals surface area contributed by atoms with E-state index < -0.39 is 29.5 Å². The number of hydrogen-bond donors (Lipinski definition) is 7. The summed E-state index contributed by atoms with van der Waals surface area (Å²) in [6, 6.07) is 0. The number of nitrogens with zero attached hydrogens (tertiary/aromatic N) is 4. The van der Waals surface area contributed by atoms with Crippen LogP contribution in [-0.4, -0.2) is 70.4 Å². The van der Waals surface area contributed by atoms with Crippen LogP contribution in [0, 0.1) is 5.92 Å². The van der Waals surface area contributed by atoms with E-state index in [1.54, 1.807) is 0 Å². The Balaban J connectivity index is 0.000000191. The summed E-state index contributed by atoms with van der Waals surface area (Å²) in [5.74, 6) is -0.919. The molecule has 9 N–H and O–H groups in total. The first-order chi connectivity index (χ1) is 16.0. The van der Waals surface area contributed by atoms with Gasteiger partial charge in [0.15, 0.2) is 16.9 Å².